The summed E-state index contributed by atoms with van der Waals surface area (Å²) in [7, 11) is 2.95. The molecule has 4 fully saturated rings. The van der Waals surface area contributed by atoms with Crippen LogP contribution in [0.1, 0.15) is 55.9 Å². The Hall–Kier alpha value is -1.85. The first kappa shape index (κ1) is 16.6. The van der Waals surface area contributed by atoms with E-state index in [-0.39, 0.29) is 23.1 Å². The van der Waals surface area contributed by atoms with Crippen molar-refractivity contribution < 1.29 is 4.79 Å². The van der Waals surface area contributed by atoms with Gasteiger partial charge in [-0.2, -0.15) is 0 Å². The van der Waals surface area contributed by atoms with Crippen molar-refractivity contribution in [3.8, 4) is 0 Å². The Labute approximate surface area is 147 Å². The molecule has 1 N–H and O–H groups in total. The Morgan fingerprint density at radius 3 is 2.12 bits per heavy atom. The van der Waals surface area contributed by atoms with Crippen LogP contribution in [-0.2, 0) is 14.1 Å². The fraction of sp³-hybridized carbons (Fsp3) is 0.737. The smallest absolute Gasteiger partial charge is 0.331 e. The van der Waals surface area contributed by atoms with Crippen LogP contribution in [0.25, 0.3) is 0 Å². The van der Waals surface area contributed by atoms with Crippen molar-refractivity contribution in [3.63, 3.8) is 0 Å². The van der Waals surface area contributed by atoms with E-state index in [0.717, 1.165) is 22.3 Å². The summed E-state index contributed by atoms with van der Waals surface area (Å²) < 4.78 is 2.27. The molecule has 4 aliphatic carbocycles. The lowest BCUT2D eigenvalue weighted by atomic mass is 9.48. The zero-order valence-corrected chi connectivity index (χ0v) is 15.2. The second-order valence-electron chi connectivity index (χ2n) is 8.74. The van der Waals surface area contributed by atoms with Gasteiger partial charge in [-0.3, -0.25) is 18.7 Å². The zero-order chi connectivity index (χ0) is 17.9. The molecule has 4 bridgehead atoms. The number of carbonyl (C=O) groups is 1. The van der Waals surface area contributed by atoms with Crippen molar-refractivity contribution in [2.24, 2.45) is 37.3 Å². The van der Waals surface area contributed by atoms with Crippen LogP contribution < -0.4 is 16.6 Å². The molecule has 0 spiro atoms. The molecule has 0 unspecified atom stereocenters. The molecule has 0 saturated heterocycles. The topological polar surface area (TPSA) is 73.1 Å². The summed E-state index contributed by atoms with van der Waals surface area (Å²) in [5.74, 6) is 2.14. The van der Waals surface area contributed by atoms with Gasteiger partial charge in [0.05, 0.1) is 0 Å². The summed E-state index contributed by atoms with van der Waals surface area (Å²) in [6.07, 6.45) is 7.71. The number of hydrogen-bond donors (Lipinski definition) is 1. The van der Waals surface area contributed by atoms with Crippen LogP contribution in [0.5, 0.6) is 0 Å². The Bertz CT molecular complexity index is 800. The number of nitrogens with one attached hydrogen (secondary N) is 1. The minimum Gasteiger partial charge on any atom is -0.348 e. The second kappa shape index (κ2) is 5.58. The van der Waals surface area contributed by atoms with Crippen LogP contribution in [0.15, 0.2) is 15.7 Å². The van der Waals surface area contributed by atoms with Crippen LogP contribution >= 0.6 is 0 Å². The monoisotopic (exact) mass is 345 g/mol. The Morgan fingerprint density at radius 2 is 1.60 bits per heavy atom. The van der Waals surface area contributed by atoms with Crippen molar-refractivity contribution in [1.82, 2.24) is 14.5 Å². The predicted molar refractivity (Wildman–Crippen MR) is 94.5 cm³/mol. The van der Waals surface area contributed by atoms with E-state index in [1.54, 1.807) is 0 Å². The maximum absolute atomic E-state index is 12.8. The fourth-order valence-corrected chi connectivity index (χ4v) is 6.08. The van der Waals surface area contributed by atoms with Gasteiger partial charge in [0.15, 0.2) is 0 Å². The number of nitrogens with zero attached hydrogens (tertiary/aromatic N) is 2. The summed E-state index contributed by atoms with van der Waals surface area (Å²) in [5, 5.41) is 3.12. The lowest BCUT2D eigenvalue weighted by Gasteiger charge is -2.59. The van der Waals surface area contributed by atoms with Crippen LogP contribution in [0.2, 0.25) is 0 Å². The van der Waals surface area contributed by atoms with Crippen LogP contribution in [0, 0.1) is 23.2 Å². The van der Waals surface area contributed by atoms with Crippen molar-refractivity contribution in [3.05, 3.63) is 32.6 Å². The van der Waals surface area contributed by atoms with Crippen molar-refractivity contribution in [2.45, 2.75) is 51.5 Å². The Morgan fingerprint density at radius 1 is 1.08 bits per heavy atom. The molecule has 6 heteroatoms. The summed E-state index contributed by atoms with van der Waals surface area (Å²) in [5.41, 5.74) is -0.580. The Kier molecular flexibility index (Phi) is 3.71. The molecule has 4 saturated carbocycles. The van der Waals surface area contributed by atoms with E-state index in [1.165, 1.54) is 63.3 Å². The Balaban J connectivity index is 1.58. The molecule has 0 aliphatic heterocycles. The number of amides is 1. The molecule has 1 atom stereocenters. The molecule has 4 aliphatic rings. The summed E-state index contributed by atoms with van der Waals surface area (Å²) in [6, 6.07) is 1.32. The van der Waals surface area contributed by atoms with Crippen molar-refractivity contribution >= 4 is 5.91 Å². The van der Waals surface area contributed by atoms with E-state index in [4.69, 9.17) is 0 Å². The van der Waals surface area contributed by atoms with Crippen LogP contribution in [-0.4, -0.2) is 21.1 Å². The first-order chi connectivity index (χ1) is 11.8. The quantitative estimate of drug-likeness (QED) is 0.900. The molecule has 1 heterocycles. The molecule has 1 aromatic rings. The number of rotatable bonds is 3. The van der Waals surface area contributed by atoms with Crippen molar-refractivity contribution in [2.75, 3.05) is 0 Å². The molecule has 5 rings (SSSR count). The normalized spacial score (nSPS) is 34.1. The maximum atomic E-state index is 12.8. The fourth-order valence-electron chi connectivity index (χ4n) is 6.08. The number of aromatic nitrogens is 2. The van der Waals surface area contributed by atoms with Gasteiger partial charge in [-0.25, -0.2) is 4.79 Å². The van der Waals surface area contributed by atoms with E-state index in [1.807, 2.05) is 0 Å². The lowest BCUT2D eigenvalue weighted by molar-refractivity contribution is -0.0688. The van der Waals surface area contributed by atoms with E-state index >= 15 is 0 Å². The van der Waals surface area contributed by atoms with Crippen LogP contribution in [0.4, 0.5) is 0 Å². The van der Waals surface area contributed by atoms with Gasteiger partial charge in [-0.15, -0.1) is 0 Å². The van der Waals surface area contributed by atoms with E-state index < -0.39 is 11.2 Å². The van der Waals surface area contributed by atoms with E-state index in [9.17, 15) is 14.4 Å². The minimum absolute atomic E-state index is 0.0626. The zero-order valence-electron chi connectivity index (χ0n) is 15.2. The third-order valence-electron chi connectivity index (χ3n) is 7.11. The summed E-state index contributed by atoms with van der Waals surface area (Å²) >= 11 is 0. The highest BCUT2D eigenvalue weighted by atomic mass is 16.2. The SMILES string of the molecule is C[C@@H](NC(=O)c1cc(=O)n(C)c(=O)n1C)C12CC3CC(CC(C3)C1)C2. The minimum atomic E-state index is -0.472. The van der Waals surface area contributed by atoms with E-state index in [0.29, 0.717) is 0 Å². The van der Waals surface area contributed by atoms with Gasteiger partial charge in [0, 0.05) is 26.2 Å². The van der Waals surface area contributed by atoms with Gasteiger partial charge in [0.2, 0.25) is 0 Å². The molecular formula is C19H27N3O3. The average Bonchev–Trinajstić information content (AvgIpc) is 2.54. The standard InChI is InChI=1S/C19H27N3O3/c1-11(19-8-12-4-13(9-19)6-14(5-12)10-19)20-17(24)15-7-16(23)22(3)18(25)21(15)2/h7,11-14H,4-6,8-10H2,1-3H3,(H,20,24)/t11-,12?,13?,14?,19?/m1/s1. The summed E-state index contributed by atoms with van der Waals surface area (Å²) in [4.78, 5) is 36.7. The summed E-state index contributed by atoms with van der Waals surface area (Å²) in [6.45, 7) is 2.10. The first-order valence-corrected chi connectivity index (χ1v) is 9.37. The first-order valence-electron chi connectivity index (χ1n) is 9.37. The number of carbonyl (C=O) groups excluding carboxylic acids is 1. The van der Waals surface area contributed by atoms with Gasteiger partial charge in [-0.1, -0.05) is 0 Å². The highest BCUT2D eigenvalue weighted by Gasteiger charge is 2.53. The van der Waals surface area contributed by atoms with Gasteiger partial charge in [0.25, 0.3) is 11.5 Å². The molecule has 1 aromatic heterocycles. The van der Waals surface area contributed by atoms with E-state index in [2.05, 4.69) is 12.2 Å². The van der Waals surface area contributed by atoms with Crippen molar-refractivity contribution in [1.29, 1.82) is 0 Å². The number of hydrogen-bond acceptors (Lipinski definition) is 3. The third kappa shape index (κ3) is 2.57. The molecule has 25 heavy (non-hydrogen) atoms. The van der Waals surface area contributed by atoms with Gasteiger partial charge in [0.1, 0.15) is 5.69 Å². The third-order valence-corrected chi connectivity index (χ3v) is 7.11. The second-order valence-corrected chi connectivity index (χ2v) is 8.74. The lowest BCUT2D eigenvalue weighted by Crippen LogP contribution is -2.56. The average molecular weight is 345 g/mol. The molecular weight excluding hydrogens is 318 g/mol. The van der Waals surface area contributed by atoms with Crippen LogP contribution in [0.3, 0.4) is 0 Å². The van der Waals surface area contributed by atoms with Gasteiger partial charge < -0.3 is 5.32 Å². The highest BCUT2D eigenvalue weighted by molar-refractivity contribution is 5.92. The van der Waals surface area contributed by atoms with Gasteiger partial charge >= 0.3 is 5.69 Å². The largest absolute Gasteiger partial charge is 0.348 e. The molecule has 1 amide bonds. The molecule has 136 valence electrons. The maximum Gasteiger partial charge on any atom is 0.331 e. The molecule has 0 radical (unpaired) electrons. The highest BCUT2D eigenvalue weighted by Crippen LogP contribution is 2.61. The molecule has 0 aromatic carbocycles. The predicted octanol–water partition coefficient (Wildman–Crippen LogP) is 1.42. The van der Waals surface area contributed by atoms with Gasteiger partial charge in [-0.05, 0) is 68.6 Å². The molecule has 6 nitrogen and oxygen atoms in total.